The van der Waals surface area contributed by atoms with Gasteiger partial charge in [-0.2, -0.15) is 0 Å². The molecule has 1 fully saturated rings. The number of nitrogens with zero attached hydrogens (tertiary/aromatic N) is 2. The summed E-state index contributed by atoms with van der Waals surface area (Å²) in [5, 5.41) is 9.67. The Morgan fingerprint density at radius 1 is 1.57 bits per heavy atom. The van der Waals surface area contributed by atoms with Crippen molar-refractivity contribution >= 4 is 29.8 Å². The lowest BCUT2D eigenvalue weighted by atomic mass is 9.93. The van der Waals surface area contributed by atoms with Gasteiger partial charge in [-0.05, 0) is 42.4 Å². The molecular weight excluding hydrogens is 339 g/mol. The maximum Gasteiger partial charge on any atom is 0.309 e. The van der Waals surface area contributed by atoms with Crippen molar-refractivity contribution in [3.05, 3.63) is 50.8 Å². The highest BCUT2D eigenvalue weighted by atomic mass is 35.5. The minimum absolute atomic E-state index is 0.0763. The lowest BCUT2D eigenvalue weighted by molar-refractivity contribution is -0.136. The highest BCUT2D eigenvalue weighted by Gasteiger charge is 2.63. The van der Waals surface area contributed by atoms with Gasteiger partial charge >= 0.3 is 5.97 Å². The van der Waals surface area contributed by atoms with Crippen LogP contribution in [0.3, 0.4) is 0 Å². The SMILES string of the molecule is Cn1c(CC(=O)O)c2n(c1=S)C[C@@]1(c3cc(Cl)ccc3F)C[C@@H]21. The molecule has 0 unspecified atom stereocenters. The van der Waals surface area contributed by atoms with Crippen LogP contribution in [0.1, 0.15) is 29.3 Å². The molecule has 2 atom stereocenters. The molecule has 1 aliphatic carbocycles. The van der Waals surface area contributed by atoms with Crippen molar-refractivity contribution in [3.8, 4) is 0 Å². The van der Waals surface area contributed by atoms with Crippen molar-refractivity contribution in [1.29, 1.82) is 0 Å². The molecule has 4 rings (SSSR count). The van der Waals surface area contributed by atoms with Crippen molar-refractivity contribution in [2.24, 2.45) is 7.05 Å². The third-order valence-corrected chi connectivity index (χ3v) is 5.87. The second-order valence-electron chi connectivity index (χ2n) is 6.37. The summed E-state index contributed by atoms with van der Waals surface area (Å²) in [7, 11) is 1.79. The summed E-state index contributed by atoms with van der Waals surface area (Å²) in [4.78, 5) is 11.2. The Balaban J connectivity index is 1.84. The average molecular weight is 353 g/mol. The molecular formula is C16H14ClFN2O2S. The number of fused-ring (bicyclic) bond motifs is 3. The summed E-state index contributed by atoms with van der Waals surface area (Å²) in [5.41, 5.74) is 1.94. The van der Waals surface area contributed by atoms with Crippen LogP contribution in [0.4, 0.5) is 4.39 Å². The zero-order valence-corrected chi connectivity index (χ0v) is 13.9. The minimum atomic E-state index is -0.893. The van der Waals surface area contributed by atoms with Crippen LogP contribution < -0.4 is 0 Å². The number of imidazole rings is 1. The second-order valence-corrected chi connectivity index (χ2v) is 7.17. The topological polar surface area (TPSA) is 47.2 Å². The lowest BCUT2D eigenvalue weighted by Crippen LogP contribution is -2.15. The van der Waals surface area contributed by atoms with Crippen LogP contribution in [0, 0.1) is 10.6 Å². The van der Waals surface area contributed by atoms with Gasteiger partial charge in [0, 0.05) is 35.6 Å². The van der Waals surface area contributed by atoms with Gasteiger partial charge in [0.1, 0.15) is 5.82 Å². The Morgan fingerprint density at radius 3 is 3.00 bits per heavy atom. The van der Waals surface area contributed by atoms with E-state index in [1.165, 1.54) is 12.1 Å². The number of carbonyl (C=O) groups is 1. The van der Waals surface area contributed by atoms with Crippen LogP contribution in [0.15, 0.2) is 18.2 Å². The van der Waals surface area contributed by atoms with Crippen molar-refractivity contribution in [3.63, 3.8) is 0 Å². The molecule has 1 N–H and O–H groups in total. The summed E-state index contributed by atoms with van der Waals surface area (Å²) in [6.07, 6.45) is 0.725. The number of benzene rings is 1. The van der Waals surface area contributed by atoms with Gasteiger partial charge in [-0.25, -0.2) is 4.39 Å². The summed E-state index contributed by atoms with van der Waals surface area (Å²) in [6, 6.07) is 4.61. The average Bonchev–Trinajstić information content (AvgIpc) is 3.05. The first-order chi connectivity index (χ1) is 10.8. The normalized spacial score (nSPS) is 24.4. The summed E-state index contributed by atoms with van der Waals surface area (Å²) in [5.74, 6) is -1.05. The lowest BCUT2D eigenvalue weighted by Gasteiger charge is -2.15. The van der Waals surface area contributed by atoms with E-state index < -0.39 is 5.97 Å². The summed E-state index contributed by atoms with van der Waals surface area (Å²) >= 11 is 11.5. The summed E-state index contributed by atoms with van der Waals surface area (Å²) in [6.45, 7) is 0.580. The zero-order valence-electron chi connectivity index (χ0n) is 12.3. The molecule has 120 valence electrons. The van der Waals surface area contributed by atoms with E-state index in [0.29, 0.717) is 27.6 Å². The number of rotatable bonds is 3. The Hall–Kier alpha value is -1.66. The largest absolute Gasteiger partial charge is 0.481 e. The molecule has 0 radical (unpaired) electrons. The first-order valence-corrected chi connectivity index (χ1v) is 8.09. The van der Waals surface area contributed by atoms with Crippen LogP contribution in [-0.4, -0.2) is 20.2 Å². The van der Waals surface area contributed by atoms with Crippen LogP contribution in [0.2, 0.25) is 5.02 Å². The number of carboxylic acid groups (broad SMARTS) is 1. The van der Waals surface area contributed by atoms with Crippen LogP contribution >= 0.6 is 23.8 Å². The third kappa shape index (κ3) is 1.94. The second kappa shape index (κ2) is 4.68. The molecule has 0 bridgehead atoms. The number of aromatic nitrogens is 2. The van der Waals surface area contributed by atoms with Crippen LogP contribution in [-0.2, 0) is 30.2 Å². The fraction of sp³-hybridized carbons (Fsp3) is 0.375. The molecule has 0 spiro atoms. The van der Waals surface area contributed by atoms with E-state index in [-0.39, 0.29) is 23.6 Å². The fourth-order valence-corrected chi connectivity index (χ4v) is 4.45. The molecule has 1 saturated carbocycles. The molecule has 23 heavy (non-hydrogen) atoms. The highest BCUT2D eigenvalue weighted by molar-refractivity contribution is 7.71. The highest BCUT2D eigenvalue weighted by Crippen LogP contribution is 2.66. The molecule has 2 aromatic rings. The standard InChI is InChI=1S/C16H14ClFN2O2S/c1-19-12(5-13(21)22)14-10-6-16(10,7-20(14)15(19)23)9-4-8(17)2-3-11(9)18/h2-4,10H,5-7H2,1H3,(H,21,22)/t10-,16+/m0/s1. The van der Waals surface area contributed by atoms with E-state index >= 15 is 0 Å². The van der Waals surface area contributed by atoms with Gasteiger partial charge in [0.15, 0.2) is 4.77 Å². The molecule has 1 aliphatic heterocycles. The Labute approximate surface area is 142 Å². The van der Waals surface area contributed by atoms with E-state index in [9.17, 15) is 9.18 Å². The smallest absolute Gasteiger partial charge is 0.309 e. The number of carboxylic acids is 1. The van der Waals surface area contributed by atoms with E-state index in [4.69, 9.17) is 28.9 Å². The third-order valence-electron chi connectivity index (χ3n) is 5.14. The van der Waals surface area contributed by atoms with Gasteiger partial charge in [0.2, 0.25) is 0 Å². The zero-order chi connectivity index (χ0) is 16.5. The monoisotopic (exact) mass is 352 g/mol. The van der Waals surface area contributed by atoms with Gasteiger partial charge in [0.25, 0.3) is 0 Å². The van der Waals surface area contributed by atoms with Gasteiger partial charge < -0.3 is 14.2 Å². The van der Waals surface area contributed by atoms with Crippen molar-refractivity contribution < 1.29 is 14.3 Å². The maximum atomic E-state index is 14.3. The van der Waals surface area contributed by atoms with E-state index in [0.717, 1.165) is 12.1 Å². The van der Waals surface area contributed by atoms with Gasteiger partial charge in [-0.3, -0.25) is 4.79 Å². The molecule has 4 nitrogen and oxygen atoms in total. The van der Waals surface area contributed by atoms with E-state index in [2.05, 4.69) is 0 Å². The summed E-state index contributed by atoms with van der Waals surface area (Å²) < 4.78 is 18.6. The van der Waals surface area contributed by atoms with E-state index in [1.807, 2.05) is 4.57 Å². The molecule has 7 heteroatoms. The predicted molar refractivity (Wildman–Crippen MR) is 86.0 cm³/mol. The first kappa shape index (κ1) is 14.9. The van der Waals surface area contributed by atoms with Gasteiger partial charge in [-0.15, -0.1) is 0 Å². The van der Waals surface area contributed by atoms with Crippen LogP contribution in [0.25, 0.3) is 0 Å². The number of halogens is 2. The number of hydrogen-bond acceptors (Lipinski definition) is 2. The first-order valence-electron chi connectivity index (χ1n) is 7.31. The molecule has 0 saturated heterocycles. The Bertz CT molecular complexity index is 920. The molecule has 1 aromatic carbocycles. The Kier molecular flexibility index (Phi) is 3.03. The molecule has 2 heterocycles. The maximum absolute atomic E-state index is 14.3. The fourth-order valence-electron chi connectivity index (χ4n) is 4.00. The van der Waals surface area contributed by atoms with E-state index in [1.54, 1.807) is 17.7 Å². The molecule has 0 amide bonds. The quantitative estimate of drug-likeness (QED) is 0.861. The van der Waals surface area contributed by atoms with Gasteiger partial charge in [0.05, 0.1) is 12.1 Å². The number of aliphatic carboxylic acids is 1. The molecule has 1 aromatic heterocycles. The van der Waals surface area contributed by atoms with Crippen molar-refractivity contribution in [2.75, 3.05) is 0 Å². The van der Waals surface area contributed by atoms with Crippen LogP contribution in [0.5, 0.6) is 0 Å². The molecule has 2 aliphatic rings. The number of hydrogen-bond donors (Lipinski definition) is 1. The van der Waals surface area contributed by atoms with Gasteiger partial charge in [-0.1, -0.05) is 11.6 Å². The van der Waals surface area contributed by atoms with Crippen molar-refractivity contribution in [2.45, 2.75) is 30.7 Å². The predicted octanol–water partition coefficient (Wildman–Crippen LogP) is 3.41. The van der Waals surface area contributed by atoms with Crippen molar-refractivity contribution in [1.82, 2.24) is 9.13 Å². The Morgan fingerprint density at radius 2 is 2.30 bits per heavy atom. The minimum Gasteiger partial charge on any atom is -0.481 e.